The number of urea groups is 1. The van der Waals surface area contributed by atoms with E-state index in [2.05, 4.69) is 22.8 Å². The molecule has 104 valence electrons. The zero-order chi connectivity index (χ0) is 13.8. The van der Waals surface area contributed by atoms with E-state index in [9.17, 15) is 9.00 Å². The van der Waals surface area contributed by atoms with Crippen molar-refractivity contribution in [1.29, 1.82) is 0 Å². The van der Waals surface area contributed by atoms with Gasteiger partial charge in [-0.15, -0.1) is 0 Å². The molecule has 2 N–H and O–H groups in total. The van der Waals surface area contributed by atoms with Crippen molar-refractivity contribution in [2.24, 2.45) is 0 Å². The summed E-state index contributed by atoms with van der Waals surface area (Å²) in [4.78, 5) is 11.8. The molecule has 0 radical (unpaired) electrons. The van der Waals surface area contributed by atoms with E-state index in [0.29, 0.717) is 6.54 Å². The van der Waals surface area contributed by atoms with E-state index < -0.39 is 10.8 Å². The average molecular weight is 280 g/mol. The van der Waals surface area contributed by atoms with Gasteiger partial charge in [-0.3, -0.25) is 4.21 Å². The maximum absolute atomic E-state index is 11.8. The summed E-state index contributed by atoms with van der Waals surface area (Å²) in [5, 5.41) is 5.72. The SMILES string of the molecule is C[C@H](CNC(=O)NC1Cc2ccccc2C1)[S@](C)=O. The van der Waals surface area contributed by atoms with Crippen LogP contribution in [0.1, 0.15) is 18.1 Å². The van der Waals surface area contributed by atoms with Crippen molar-refractivity contribution in [1.82, 2.24) is 10.6 Å². The summed E-state index contributed by atoms with van der Waals surface area (Å²) in [6, 6.07) is 8.27. The quantitative estimate of drug-likeness (QED) is 0.871. The molecule has 2 atom stereocenters. The molecule has 1 aliphatic rings. The molecule has 0 saturated carbocycles. The molecule has 0 saturated heterocycles. The molecule has 0 spiro atoms. The van der Waals surface area contributed by atoms with Gasteiger partial charge in [0, 0.05) is 34.9 Å². The van der Waals surface area contributed by atoms with Crippen molar-refractivity contribution in [3.8, 4) is 0 Å². The monoisotopic (exact) mass is 280 g/mol. The smallest absolute Gasteiger partial charge is 0.315 e. The first-order valence-corrected chi connectivity index (χ1v) is 8.11. The molecule has 0 bridgehead atoms. The van der Waals surface area contributed by atoms with Gasteiger partial charge in [0.25, 0.3) is 0 Å². The molecule has 0 aliphatic heterocycles. The van der Waals surface area contributed by atoms with Crippen LogP contribution in [-0.2, 0) is 23.6 Å². The molecule has 0 heterocycles. The van der Waals surface area contributed by atoms with Crippen LogP contribution in [0, 0.1) is 0 Å². The number of rotatable bonds is 4. The highest BCUT2D eigenvalue weighted by Gasteiger charge is 2.22. The van der Waals surface area contributed by atoms with Crippen LogP contribution in [-0.4, -0.2) is 34.3 Å². The number of benzene rings is 1. The molecular formula is C14H20N2O2S. The normalized spacial score (nSPS) is 17.6. The Bertz CT molecular complexity index is 465. The number of nitrogens with one attached hydrogen (secondary N) is 2. The fraction of sp³-hybridized carbons (Fsp3) is 0.500. The molecule has 0 unspecified atom stereocenters. The van der Waals surface area contributed by atoms with Gasteiger partial charge >= 0.3 is 6.03 Å². The highest BCUT2D eigenvalue weighted by Crippen LogP contribution is 2.21. The van der Waals surface area contributed by atoms with Gasteiger partial charge in [0.05, 0.1) is 0 Å². The van der Waals surface area contributed by atoms with Gasteiger partial charge in [-0.25, -0.2) is 4.79 Å². The molecule has 0 aromatic heterocycles. The van der Waals surface area contributed by atoms with Crippen LogP contribution in [0.3, 0.4) is 0 Å². The van der Waals surface area contributed by atoms with E-state index in [0.717, 1.165) is 12.8 Å². The fourth-order valence-electron chi connectivity index (χ4n) is 2.25. The maximum atomic E-state index is 11.8. The topological polar surface area (TPSA) is 58.2 Å². The summed E-state index contributed by atoms with van der Waals surface area (Å²) in [5.74, 6) is 0. The molecule has 1 aromatic carbocycles. The van der Waals surface area contributed by atoms with Gasteiger partial charge in [0.1, 0.15) is 0 Å². The first-order valence-electron chi connectivity index (χ1n) is 6.49. The second kappa shape index (κ2) is 6.19. The fourth-order valence-corrected chi connectivity index (χ4v) is 2.57. The van der Waals surface area contributed by atoms with Gasteiger partial charge in [-0.2, -0.15) is 0 Å². The van der Waals surface area contributed by atoms with E-state index in [-0.39, 0.29) is 17.3 Å². The summed E-state index contributed by atoms with van der Waals surface area (Å²) < 4.78 is 11.2. The van der Waals surface area contributed by atoms with Crippen molar-refractivity contribution in [2.45, 2.75) is 31.1 Å². The summed E-state index contributed by atoms with van der Waals surface area (Å²) >= 11 is 0. The largest absolute Gasteiger partial charge is 0.337 e. The highest BCUT2D eigenvalue weighted by molar-refractivity contribution is 7.84. The third-order valence-electron chi connectivity index (χ3n) is 3.50. The molecule has 1 aromatic rings. The Morgan fingerprint density at radius 1 is 1.37 bits per heavy atom. The number of carbonyl (C=O) groups excluding carboxylic acids is 1. The third kappa shape index (κ3) is 3.80. The number of carbonyl (C=O) groups is 1. The third-order valence-corrected chi connectivity index (χ3v) is 4.80. The van der Waals surface area contributed by atoms with Crippen LogP contribution >= 0.6 is 0 Å². The average Bonchev–Trinajstić information content (AvgIpc) is 2.77. The predicted octanol–water partition coefficient (Wildman–Crippen LogP) is 1.22. The lowest BCUT2D eigenvalue weighted by Crippen LogP contribution is -2.45. The minimum atomic E-state index is -0.906. The van der Waals surface area contributed by atoms with E-state index in [1.165, 1.54) is 11.1 Å². The maximum Gasteiger partial charge on any atom is 0.315 e. The summed E-state index contributed by atoms with van der Waals surface area (Å²) in [7, 11) is -0.906. The Morgan fingerprint density at radius 3 is 2.47 bits per heavy atom. The Morgan fingerprint density at radius 2 is 1.95 bits per heavy atom. The second-order valence-corrected chi connectivity index (χ2v) is 6.84. The number of fused-ring (bicyclic) bond motifs is 1. The van der Waals surface area contributed by atoms with Gasteiger partial charge < -0.3 is 10.6 Å². The van der Waals surface area contributed by atoms with Crippen LogP contribution in [0.15, 0.2) is 24.3 Å². The Balaban J connectivity index is 1.78. The van der Waals surface area contributed by atoms with Crippen molar-refractivity contribution in [2.75, 3.05) is 12.8 Å². The Hall–Kier alpha value is -1.36. The van der Waals surface area contributed by atoms with Crippen molar-refractivity contribution < 1.29 is 9.00 Å². The molecular weight excluding hydrogens is 260 g/mol. The van der Waals surface area contributed by atoms with Crippen LogP contribution in [0.5, 0.6) is 0 Å². The molecule has 4 nitrogen and oxygen atoms in total. The van der Waals surface area contributed by atoms with E-state index in [4.69, 9.17) is 0 Å². The Kier molecular flexibility index (Phi) is 4.58. The first kappa shape index (κ1) is 14.1. The van der Waals surface area contributed by atoms with Crippen molar-refractivity contribution in [3.63, 3.8) is 0 Å². The van der Waals surface area contributed by atoms with E-state index in [1.54, 1.807) is 6.26 Å². The Labute approximate surface area is 116 Å². The molecule has 1 aliphatic carbocycles. The number of amides is 2. The standard InChI is InChI=1S/C14H20N2O2S/c1-10(19(2)18)9-15-14(17)16-13-7-11-5-3-4-6-12(11)8-13/h3-6,10,13H,7-9H2,1-2H3,(H2,15,16,17)/t10-,19+/m1/s1. The van der Waals surface area contributed by atoms with Gasteiger partial charge in [-0.1, -0.05) is 24.3 Å². The molecule has 2 rings (SSSR count). The van der Waals surface area contributed by atoms with Crippen LogP contribution in [0.2, 0.25) is 0 Å². The highest BCUT2D eigenvalue weighted by atomic mass is 32.2. The van der Waals surface area contributed by atoms with Crippen LogP contribution in [0.25, 0.3) is 0 Å². The summed E-state index contributed by atoms with van der Waals surface area (Å²) in [6.07, 6.45) is 3.43. The number of hydrogen-bond acceptors (Lipinski definition) is 2. The van der Waals surface area contributed by atoms with E-state index in [1.807, 2.05) is 19.1 Å². The molecule has 2 amide bonds. The number of hydrogen-bond donors (Lipinski definition) is 2. The minimum absolute atomic E-state index is 0.0217. The first-order chi connectivity index (χ1) is 9.06. The zero-order valence-corrected chi connectivity index (χ0v) is 12.1. The zero-order valence-electron chi connectivity index (χ0n) is 11.3. The molecule has 0 fully saturated rings. The van der Waals surface area contributed by atoms with Crippen LogP contribution < -0.4 is 10.6 Å². The van der Waals surface area contributed by atoms with Gasteiger partial charge in [-0.05, 0) is 30.9 Å². The van der Waals surface area contributed by atoms with Crippen molar-refractivity contribution in [3.05, 3.63) is 35.4 Å². The summed E-state index contributed by atoms with van der Waals surface area (Å²) in [5.41, 5.74) is 2.63. The second-order valence-electron chi connectivity index (χ2n) is 5.04. The van der Waals surface area contributed by atoms with E-state index >= 15 is 0 Å². The van der Waals surface area contributed by atoms with Gasteiger partial charge in [0.2, 0.25) is 0 Å². The van der Waals surface area contributed by atoms with Crippen LogP contribution in [0.4, 0.5) is 4.79 Å². The minimum Gasteiger partial charge on any atom is -0.337 e. The lowest BCUT2D eigenvalue weighted by molar-refractivity contribution is 0.237. The molecule has 19 heavy (non-hydrogen) atoms. The van der Waals surface area contributed by atoms with Gasteiger partial charge in [0.15, 0.2) is 0 Å². The summed E-state index contributed by atoms with van der Waals surface area (Å²) in [6.45, 7) is 2.30. The molecule has 5 heteroatoms. The predicted molar refractivity (Wildman–Crippen MR) is 77.7 cm³/mol. The lowest BCUT2D eigenvalue weighted by Gasteiger charge is -2.14. The lowest BCUT2D eigenvalue weighted by atomic mass is 10.1. The van der Waals surface area contributed by atoms with Crippen molar-refractivity contribution >= 4 is 16.8 Å².